The van der Waals surface area contributed by atoms with E-state index in [1.165, 1.54) is 18.4 Å². The largest absolute Gasteiger partial charge is 0.468 e. The summed E-state index contributed by atoms with van der Waals surface area (Å²) in [6.45, 7) is 1.23. The van der Waals surface area contributed by atoms with Gasteiger partial charge in [0, 0.05) is 4.88 Å². The number of nitrogens with zero attached hydrogens (tertiary/aromatic N) is 1. The van der Waals surface area contributed by atoms with Crippen LogP contribution in [0.4, 0.5) is 4.79 Å². The number of carbonyl (C=O) groups excluding carboxylic acids is 3. The van der Waals surface area contributed by atoms with E-state index in [1.807, 2.05) is 0 Å². The SMILES string of the molecule is COC(=O)CN1C(=O)N[C@](C)(c2ccc(Br)s2)C1=O. The van der Waals surface area contributed by atoms with Crippen LogP contribution in [0.15, 0.2) is 15.9 Å². The number of thiophene rings is 1. The zero-order valence-corrected chi connectivity index (χ0v) is 12.6. The van der Waals surface area contributed by atoms with Crippen molar-refractivity contribution in [2.75, 3.05) is 13.7 Å². The molecule has 2 rings (SSSR count). The Hall–Kier alpha value is -1.41. The minimum absolute atomic E-state index is 0.386. The number of amides is 3. The van der Waals surface area contributed by atoms with Gasteiger partial charge in [0.05, 0.1) is 10.9 Å². The smallest absolute Gasteiger partial charge is 0.325 e. The molecule has 1 fully saturated rings. The Labute approximate surface area is 121 Å². The van der Waals surface area contributed by atoms with Crippen LogP contribution in [0, 0.1) is 0 Å². The number of hydrogen-bond donors (Lipinski definition) is 1. The maximum absolute atomic E-state index is 12.3. The van der Waals surface area contributed by atoms with Gasteiger partial charge in [-0.15, -0.1) is 11.3 Å². The number of methoxy groups -OCH3 is 1. The standard InChI is InChI=1S/C11H11BrN2O4S/c1-11(6-3-4-7(12)19-6)9(16)14(10(17)13-11)5-8(15)18-2/h3-4H,5H2,1-2H3,(H,13,17)/t11-/m1/s1. The molecular weight excluding hydrogens is 336 g/mol. The molecule has 1 aliphatic rings. The molecule has 102 valence electrons. The predicted molar refractivity (Wildman–Crippen MR) is 71.6 cm³/mol. The number of rotatable bonds is 3. The van der Waals surface area contributed by atoms with E-state index in [9.17, 15) is 14.4 Å². The Bertz CT molecular complexity index is 559. The summed E-state index contributed by atoms with van der Waals surface area (Å²) < 4.78 is 5.33. The molecule has 1 N–H and O–H groups in total. The van der Waals surface area contributed by atoms with Gasteiger partial charge in [0.25, 0.3) is 5.91 Å². The highest BCUT2D eigenvalue weighted by Gasteiger charge is 2.50. The number of nitrogens with one attached hydrogen (secondary N) is 1. The van der Waals surface area contributed by atoms with E-state index in [2.05, 4.69) is 26.0 Å². The van der Waals surface area contributed by atoms with Crippen molar-refractivity contribution in [3.8, 4) is 0 Å². The Morgan fingerprint density at radius 2 is 2.21 bits per heavy atom. The third-order valence-corrected chi connectivity index (χ3v) is 4.70. The van der Waals surface area contributed by atoms with Crippen molar-refractivity contribution in [3.05, 3.63) is 20.8 Å². The molecule has 0 unspecified atom stereocenters. The number of halogens is 1. The topological polar surface area (TPSA) is 75.7 Å². The maximum Gasteiger partial charge on any atom is 0.325 e. The third-order valence-electron chi connectivity index (χ3n) is 2.86. The zero-order chi connectivity index (χ0) is 14.2. The number of urea groups is 1. The quantitative estimate of drug-likeness (QED) is 0.663. The van der Waals surface area contributed by atoms with Gasteiger partial charge in [0.1, 0.15) is 6.54 Å². The minimum Gasteiger partial charge on any atom is -0.468 e. The Morgan fingerprint density at radius 1 is 1.53 bits per heavy atom. The number of imide groups is 1. The molecule has 0 saturated carbocycles. The van der Waals surface area contributed by atoms with Crippen LogP contribution in [0.25, 0.3) is 0 Å². The summed E-state index contributed by atoms with van der Waals surface area (Å²) in [5, 5.41) is 2.61. The summed E-state index contributed by atoms with van der Waals surface area (Å²) in [7, 11) is 1.20. The molecule has 0 aliphatic carbocycles. The van der Waals surface area contributed by atoms with Gasteiger partial charge in [0.15, 0.2) is 5.54 Å². The Balaban J connectivity index is 2.28. The molecule has 1 aliphatic heterocycles. The van der Waals surface area contributed by atoms with Crippen molar-refractivity contribution in [2.24, 2.45) is 0 Å². The first-order valence-corrected chi connectivity index (χ1v) is 6.96. The van der Waals surface area contributed by atoms with Crippen molar-refractivity contribution < 1.29 is 19.1 Å². The molecule has 0 radical (unpaired) electrons. The van der Waals surface area contributed by atoms with Gasteiger partial charge in [-0.25, -0.2) is 4.79 Å². The van der Waals surface area contributed by atoms with E-state index >= 15 is 0 Å². The number of carbonyl (C=O) groups is 3. The summed E-state index contributed by atoms with van der Waals surface area (Å²) in [6.07, 6.45) is 0. The van der Waals surface area contributed by atoms with Crippen LogP contribution in [0.5, 0.6) is 0 Å². The molecule has 0 aromatic carbocycles. The van der Waals surface area contributed by atoms with Crippen LogP contribution in [0.1, 0.15) is 11.8 Å². The average molecular weight is 347 g/mol. The van der Waals surface area contributed by atoms with Crippen LogP contribution in [0.2, 0.25) is 0 Å². The molecule has 2 heterocycles. The molecule has 0 spiro atoms. The molecule has 8 heteroatoms. The predicted octanol–water partition coefficient (Wildman–Crippen LogP) is 1.45. The van der Waals surface area contributed by atoms with Crippen molar-refractivity contribution in [1.82, 2.24) is 10.2 Å². The van der Waals surface area contributed by atoms with Crippen molar-refractivity contribution in [1.29, 1.82) is 0 Å². The minimum atomic E-state index is -1.14. The molecule has 3 amide bonds. The first kappa shape index (κ1) is 14.0. The Morgan fingerprint density at radius 3 is 2.74 bits per heavy atom. The second kappa shape index (κ2) is 4.93. The highest BCUT2D eigenvalue weighted by Crippen LogP contribution is 2.35. The van der Waals surface area contributed by atoms with Gasteiger partial charge in [0.2, 0.25) is 0 Å². The van der Waals surface area contributed by atoms with Gasteiger partial charge in [-0.2, -0.15) is 0 Å². The van der Waals surface area contributed by atoms with Crippen molar-refractivity contribution in [3.63, 3.8) is 0 Å². The summed E-state index contributed by atoms with van der Waals surface area (Å²) >= 11 is 4.67. The summed E-state index contributed by atoms with van der Waals surface area (Å²) in [4.78, 5) is 36.9. The van der Waals surface area contributed by atoms with Gasteiger partial charge < -0.3 is 10.1 Å². The summed E-state index contributed by atoms with van der Waals surface area (Å²) in [6, 6.07) is 2.96. The van der Waals surface area contributed by atoms with Crippen LogP contribution < -0.4 is 5.32 Å². The second-order valence-electron chi connectivity index (χ2n) is 4.13. The van der Waals surface area contributed by atoms with E-state index < -0.39 is 23.4 Å². The maximum atomic E-state index is 12.3. The lowest BCUT2D eigenvalue weighted by molar-refractivity contribution is -0.145. The van der Waals surface area contributed by atoms with Crippen LogP contribution in [-0.2, 0) is 19.9 Å². The van der Waals surface area contributed by atoms with Gasteiger partial charge >= 0.3 is 12.0 Å². The molecule has 1 saturated heterocycles. The highest BCUT2D eigenvalue weighted by molar-refractivity contribution is 9.11. The van der Waals surface area contributed by atoms with Gasteiger partial charge in [-0.05, 0) is 35.0 Å². The third kappa shape index (κ3) is 2.37. The number of ether oxygens (including phenoxy) is 1. The van der Waals surface area contributed by atoms with E-state index in [0.717, 1.165) is 8.69 Å². The van der Waals surface area contributed by atoms with E-state index in [-0.39, 0.29) is 6.54 Å². The van der Waals surface area contributed by atoms with Crippen LogP contribution in [0.3, 0.4) is 0 Å². The summed E-state index contributed by atoms with van der Waals surface area (Å²) in [5.41, 5.74) is -1.14. The molecule has 6 nitrogen and oxygen atoms in total. The Kier molecular flexibility index (Phi) is 3.64. The fraction of sp³-hybridized carbons (Fsp3) is 0.364. The first-order valence-electron chi connectivity index (χ1n) is 5.35. The molecular formula is C11H11BrN2O4S. The van der Waals surface area contributed by atoms with E-state index in [1.54, 1.807) is 19.1 Å². The molecule has 19 heavy (non-hydrogen) atoms. The van der Waals surface area contributed by atoms with Crippen molar-refractivity contribution in [2.45, 2.75) is 12.5 Å². The van der Waals surface area contributed by atoms with E-state index in [0.29, 0.717) is 4.88 Å². The summed E-state index contributed by atoms with van der Waals surface area (Å²) in [5.74, 6) is -1.10. The lowest BCUT2D eigenvalue weighted by Crippen LogP contribution is -2.41. The molecule has 1 aromatic heterocycles. The van der Waals surface area contributed by atoms with Crippen LogP contribution in [-0.4, -0.2) is 36.5 Å². The average Bonchev–Trinajstić information content (AvgIpc) is 2.88. The fourth-order valence-electron chi connectivity index (χ4n) is 1.78. The molecule has 1 aromatic rings. The first-order chi connectivity index (χ1) is 8.88. The number of esters is 1. The van der Waals surface area contributed by atoms with E-state index in [4.69, 9.17) is 0 Å². The highest BCUT2D eigenvalue weighted by atomic mass is 79.9. The monoisotopic (exact) mass is 346 g/mol. The van der Waals surface area contributed by atoms with Crippen molar-refractivity contribution >= 4 is 45.2 Å². The zero-order valence-electron chi connectivity index (χ0n) is 10.2. The number of hydrogen-bond acceptors (Lipinski definition) is 5. The normalized spacial score (nSPS) is 22.6. The molecule has 0 bridgehead atoms. The van der Waals surface area contributed by atoms with Crippen LogP contribution >= 0.6 is 27.3 Å². The second-order valence-corrected chi connectivity index (χ2v) is 6.59. The lowest BCUT2D eigenvalue weighted by Gasteiger charge is -2.19. The van der Waals surface area contributed by atoms with Gasteiger partial charge in [-0.1, -0.05) is 0 Å². The van der Waals surface area contributed by atoms with Gasteiger partial charge in [-0.3, -0.25) is 14.5 Å². The fourth-order valence-corrected chi connectivity index (χ4v) is 3.26. The molecule has 1 atom stereocenters. The lowest BCUT2D eigenvalue weighted by atomic mass is 10.0.